The quantitative estimate of drug-likeness (QED) is 0.757. The van der Waals surface area contributed by atoms with Crippen LogP contribution in [0, 0.1) is 0 Å². The zero-order chi connectivity index (χ0) is 12.4. The van der Waals surface area contributed by atoms with Crippen LogP contribution in [0.3, 0.4) is 0 Å². The van der Waals surface area contributed by atoms with Gasteiger partial charge in [-0.15, -0.1) is 0 Å². The van der Waals surface area contributed by atoms with Crippen molar-refractivity contribution in [2.24, 2.45) is 0 Å². The van der Waals surface area contributed by atoms with Gasteiger partial charge in [0.25, 0.3) is 0 Å². The molecule has 4 heteroatoms. The highest BCUT2D eigenvalue weighted by atomic mass is 16.3. The summed E-state index contributed by atoms with van der Waals surface area (Å²) in [5.41, 5.74) is 0. The molecule has 18 heavy (non-hydrogen) atoms. The van der Waals surface area contributed by atoms with Crippen molar-refractivity contribution in [2.45, 2.75) is 50.3 Å². The van der Waals surface area contributed by atoms with Gasteiger partial charge < -0.3 is 10.4 Å². The van der Waals surface area contributed by atoms with E-state index in [1.54, 1.807) is 0 Å². The van der Waals surface area contributed by atoms with Crippen LogP contribution in [0.4, 0.5) is 0 Å². The molecular weight excluding hydrogens is 226 g/mol. The molecule has 104 valence electrons. The number of rotatable bonds is 3. The van der Waals surface area contributed by atoms with Crippen molar-refractivity contribution < 1.29 is 5.11 Å². The number of hydrogen-bond acceptors (Lipinski definition) is 4. The second-order valence-electron chi connectivity index (χ2n) is 6.27. The molecule has 0 aromatic heterocycles. The van der Waals surface area contributed by atoms with Crippen molar-refractivity contribution in [3.63, 3.8) is 0 Å². The molecule has 0 bridgehead atoms. The molecule has 0 aromatic carbocycles. The second-order valence-corrected chi connectivity index (χ2v) is 6.27. The number of β-amino-alcohol motifs (C(OH)–C–C–N with tert-alkyl or cyclic N) is 1. The van der Waals surface area contributed by atoms with Crippen molar-refractivity contribution in [1.29, 1.82) is 0 Å². The zero-order valence-electron chi connectivity index (χ0n) is 11.4. The van der Waals surface area contributed by atoms with Gasteiger partial charge in [-0.3, -0.25) is 9.80 Å². The first-order chi connectivity index (χ1) is 8.81. The zero-order valence-corrected chi connectivity index (χ0v) is 11.4. The normalized spacial score (nSPS) is 36.5. The summed E-state index contributed by atoms with van der Waals surface area (Å²) >= 11 is 0. The third-order valence-corrected chi connectivity index (χ3v) is 4.93. The van der Waals surface area contributed by atoms with Crippen molar-refractivity contribution >= 4 is 0 Å². The number of nitrogens with one attached hydrogen (secondary N) is 1. The monoisotopic (exact) mass is 253 g/mol. The van der Waals surface area contributed by atoms with Gasteiger partial charge in [0, 0.05) is 51.4 Å². The maximum absolute atomic E-state index is 9.53. The van der Waals surface area contributed by atoms with Crippen LogP contribution in [0.5, 0.6) is 0 Å². The van der Waals surface area contributed by atoms with Crippen LogP contribution in [0.15, 0.2) is 0 Å². The summed E-state index contributed by atoms with van der Waals surface area (Å²) in [5.74, 6) is 0. The van der Waals surface area contributed by atoms with Gasteiger partial charge in [0.15, 0.2) is 0 Å². The van der Waals surface area contributed by atoms with Crippen molar-refractivity contribution in [1.82, 2.24) is 15.1 Å². The predicted octanol–water partition coefficient (Wildman–Crippen LogP) is 0.269. The number of aliphatic hydroxyl groups excluding tert-OH is 1. The molecule has 0 radical (unpaired) electrons. The second kappa shape index (κ2) is 5.87. The fraction of sp³-hybridized carbons (Fsp3) is 1.00. The van der Waals surface area contributed by atoms with Gasteiger partial charge >= 0.3 is 0 Å². The topological polar surface area (TPSA) is 38.7 Å². The average Bonchev–Trinajstić information content (AvgIpc) is 3.02. The molecule has 4 nitrogen and oxygen atoms in total. The lowest BCUT2D eigenvalue weighted by Gasteiger charge is -2.38. The van der Waals surface area contributed by atoms with Gasteiger partial charge in [0.2, 0.25) is 0 Å². The van der Waals surface area contributed by atoms with E-state index in [2.05, 4.69) is 15.1 Å². The van der Waals surface area contributed by atoms with Crippen LogP contribution in [0.1, 0.15) is 32.1 Å². The number of hydrogen-bond donors (Lipinski definition) is 2. The Balaban J connectivity index is 1.39. The van der Waals surface area contributed by atoms with E-state index < -0.39 is 0 Å². The predicted molar refractivity (Wildman–Crippen MR) is 72.7 cm³/mol. The standard InChI is InChI=1S/C14H27N3O/c18-14-9-12(15-10-14)11-16-5-7-17(8-6-16)13-3-1-2-4-13/h12-15,18H,1-11H2. The summed E-state index contributed by atoms with van der Waals surface area (Å²) in [5, 5.41) is 12.9. The minimum Gasteiger partial charge on any atom is -0.392 e. The van der Waals surface area contributed by atoms with Gasteiger partial charge in [-0.1, -0.05) is 12.8 Å². The Hall–Kier alpha value is -0.160. The molecular formula is C14H27N3O. The molecule has 2 N–H and O–H groups in total. The lowest BCUT2D eigenvalue weighted by molar-refractivity contribution is 0.0915. The molecule has 0 aromatic rings. The highest BCUT2D eigenvalue weighted by Gasteiger charge is 2.28. The molecule has 1 saturated carbocycles. The molecule has 2 atom stereocenters. The summed E-state index contributed by atoms with van der Waals surface area (Å²) in [6, 6.07) is 1.40. The fourth-order valence-corrected chi connectivity index (χ4v) is 3.83. The van der Waals surface area contributed by atoms with Gasteiger partial charge in [0.05, 0.1) is 6.10 Å². The van der Waals surface area contributed by atoms with E-state index in [0.29, 0.717) is 6.04 Å². The molecule has 2 unspecified atom stereocenters. The van der Waals surface area contributed by atoms with E-state index >= 15 is 0 Å². The largest absolute Gasteiger partial charge is 0.392 e. The van der Waals surface area contributed by atoms with Gasteiger partial charge in [-0.05, 0) is 19.3 Å². The molecule has 2 aliphatic heterocycles. The summed E-state index contributed by atoms with van der Waals surface area (Å²) in [4.78, 5) is 5.28. The molecule has 3 rings (SSSR count). The van der Waals surface area contributed by atoms with Crippen molar-refractivity contribution in [2.75, 3.05) is 39.3 Å². The number of nitrogens with zero attached hydrogens (tertiary/aromatic N) is 2. The number of aliphatic hydroxyl groups is 1. The first kappa shape index (κ1) is 12.9. The summed E-state index contributed by atoms with van der Waals surface area (Å²) in [6.07, 6.45) is 6.55. The lowest BCUT2D eigenvalue weighted by Crippen LogP contribution is -2.52. The maximum atomic E-state index is 9.53. The molecule has 3 aliphatic rings. The van der Waals surface area contributed by atoms with Crippen LogP contribution in [0.25, 0.3) is 0 Å². The van der Waals surface area contributed by atoms with Crippen LogP contribution in [-0.4, -0.2) is 72.4 Å². The Labute approximate surface area is 110 Å². The van der Waals surface area contributed by atoms with Crippen molar-refractivity contribution in [3.05, 3.63) is 0 Å². The van der Waals surface area contributed by atoms with Crippen LogP contribution >= 0.6 is 0 Å². The Morgan fingerprint density at radius 2 is 1.78 bits per heavy atom. The van der Waals surface area contributed by atoms with Crippen molar-refractivity contribution in [3.8, 4) is 0 Å². The Bertz CT molecular complexity index is 260. The first-order valence-electron chi connectivity index (χ1n) is 7.69. The van der Waals surface area contributed by atoms with Gasteiger partial charge in [0.1, 0.15) is 0 Å². The van der Waals surface area contributed by atoms with Gasteiger partial charge in [-0.2, -0.15) is 0 Å². The Kier molecular flexibility index (Phi) is 4.19. The summed E-state index contributed by atoms with van der Waals surface area (Å²) < 4.78 is 0. The van der Waals surface area contributed by atoms with Crippen LogP contribution in [0.2, 0.25) is 0 Å². The minimum absolute atomic E-state index is 0.116. The van der Waals surface area contributed by atoms with E-state index in [1.165, 1.54) is 51.9 Å². The fourth-order valence-electron chi connectivity index (χ4n) is 3.83. The Morgan fingerprint density at radius 1 is 1.06 bits per heavy atom. The minimum atomic E-state index is -0.116. The lowest BCUT2D eigenvalue weighted by atomic mass is 10.1. The SMILES string of the molecule is OC1CNC(CN2CCN(C3CCCC3)CC2)C1. The van der Waals surface area contributed by atoms with E-state index in [1.807, 2.05) is 0 Å². The molecule has 2 saturated heterocycles. The summed E-state index contributed by atoms with van der Waals surface area (Å²) in [6.45, 7) is 6.83. The van der Waals surface area contributed by atoms with E-state index in [0.717, 1.165) is 25.6 Å². The molecule has 0 spiro atoms. The molecule has 0 amide bonds. The smallest absolute Gasteiger partial charge is 0.0680 e. The summed E-state index contributed by atoms with van der Waals surface area (Å²) in [7, 11) is 0. The molecule has 2 heterocycles. The van der Waals surface area contributed by atoms with E-state index in [9.17, 15) is 5.11 Å². The highest BCUT2D eigenvalue weighted by Crippen LogP contribution is 2.24. The van der Waals surface area contributed by atoms with Gasteiger partial charge in [-0.25, -0.2) is 0 Å². The Morgan fingerprint density at radius 3 is 2.39 bits per heavy atom. The molecule has 1 aliphatic carbocycles. The third-order valence-electron chi connectivity index (χ3n) is 4.93. The molecule has 3 fully saturated rings. The highest BCUT2D eigenvalue weighted by molar-refractivity contribution is 4.87. The maximum Gasteiger partial charge on any atom is 0.0680 e. The van der Waals surface area contributed by atoms with Crippen LogP contribution in [-0.2, 0) is 0 Å². The average molecular weight is 253 g/mol. The first-order valence-corrected chi connectivity index (χ1v) is 7.69. The number of piperazine rings is 1. The van der Waals surface area contributed by atoms with Crippen LogP contribution < -0.4 is 5.32 Å². The third kappa shape index (κ3) is 3.05. The van der Waals surface area contributed by atoms with E-state index in [-0.39, 0.29) is 6.10 Å². The van der Waals surface area contributed by atoms with E-state index in [4.69, 9.17) is 0 Å².